The van der Waals surface area contributed by atoms with E-state index < -0.39 is 5.97 Å². The zero-order valence-electron chi connectivity index (χ0n) is 13.3. The van der Waals surface area contributed by atoms with Crippen LogP contribution in [0.25, 0.3) is 0 Å². The molecule has 0 aliphatic carbocycles. The molecule has 7 nitrogen and oxygen atoms in total. The minimum atomic E-state index is -0.456. The molecule has 1 fully saturated rings. The lowest BCUT2D eigenvalue weighted by atomic mass is 10.0. The van der Waals surface area contributed by atoms with Crippen LogP contribution in [0.15, 0.2) is 0 Å². The van der Waals surface area contributed by atoms with Crippen molar-refractivity contribution in [2.75, 3.05) is 26.7 Å². The van der Waals surface area contributed by atoms with E-state index in [1.54, 1.807) is 13.8 Å². The Labute approximate surface area is 129 Å². The van der Waals surface area contributed by atoms with Crippen LogP contribution in [-0.2, 0) is 9.53 Å². The number of carbonyl (C=O) groups excluding carboxylic acids is 3. The summed E-state index contributed by atoms with van der Waals surface area (Å²) in [5.41, 5.74) is 2.04. The van der Waals surface area contributed by atoms with Gasteiger partial charge in [-0.2, -0.15) is 0 Å². The van der Waals surface area contributed by atoms with Crippen LogP contribution in [-0.4, -0.2) is 55.4 Å². The number of Topliss-reactive ketones (excluding diaryl/α,β-unsaturated/α-hetero) is 1. The highest BCUT2D eigenvalue weighted by Gasteiger charge is 2.33. The van der Waals surface area contributed by atoms with Crippen LogP contribution >= 0.6 is 0 Å². The van der Waals surface area contributed by atoms with E-state index in [-0.39, 0.29) is 24.3 Å². The van der Waals surface area contributed by atoms with E-state index in [1.165, 1.54) is 7.11 Å². The molecule has 0 radical (unpaired) electrons. The molecule has 0 spiro atoms. The van der Waals surface area contributed by atoms with E-state index in [0.717, 1.165) is 4.90 Å². The number of hydrogen-bond donors (Lipinski definition) is 3. The predicted molar refractivity (Wildman–Crippen MR) is 79.1 cm³/mol. The summed E-state index contributed by atoms with van der Waals surface area (Å²) in [6.45, 7) is 6.85. The first-order chi connectivity index (χ1) is 10.4. The highest BCUT2D eigenvalue weighted by Crippen LogP contribution is 2.19. The Bertz CT molecular complexity index is 621. The first kappa shape index (κ1) is 16.2. The summed E-state index contributed by atoms with van der Waals surface area (Å²) in [5, 5.41) is 2.75. The smallest absolute Gasteiger partial charge is 0.339 e. The van der Waals surface area contributed by atoms with Crippen molar-refractivity contribution in [2.24, 2.45) is 0 Å². The maximum atomic E-state index is 12.7. The van der Waals surface area contributed by atoms with Gasteiger partial charge in [-0.05, 0) is 26.3 Å². The SMILES string of the molecule is COC(=O)c1c(C)[nH]c(C(=O)[C@@H](C)[NH+]2CCNC(=O)C2)c1C. The van der Waals surface area contributed by atoms with E-state index in [1.807, 2.05) is 6.92 Å². The Kier molecular flexibility index (Phi) is 4.65. The molecule has 2 rings (SSSR count). The third kappa shape index (κ3) is 2.89. The van der Waals surface area contributed by atoms with Crippen molar-refractivity contribution in [1.82, 2.24) is 10.3 Å². The first-order valence-electron chi connectivity index (χ1n) is 7.29. The lowest BCUT2D eigenvalue weighted by Gasteiger charge is -2.28. The van der Waals surface area contributed by atoms with Gasteiger partial charge in [-0.25, -0.2) is 4.79 Å². The highest BCUT2D eigenvalue weighted by molar-refractivity contribution is 6.03. The Morgan fingerprint density at radius 1 is 1.32 bits per heavy atom. The number of nitrogens with one attached hydrogen (secondary N) is 3. The molecule has 1 aliphatic rings. The van der Waals surface area contributed by atoms with Gasteiger partial charge in [0.2, 0.25) is 5.78 Å². The second-order valence-corrected chi connectivity index (χ2v) is 5.64. The standard InChI is InChI=1S/C15H21N3O4/c1-8-12(15(21)22-4)9(2)17-13(8)14(20)10(3)18-6-5-16-11(19)7-18/h10,17H,5-7H2,1-4H3,(H,16,19)/p+1/t10-/m1/s1. The average Bonchev–Trinajstić information content (AvgIpc) is 2.80. The molecule has 3 N–H and O–H groups in total. The fraction of sp³-hybridized carbons (Fsp3) is 0.533. The van der Waals surface area contributed by atoms with Gasteiger partial charge in [0.1, 0.15) is 0 Å². The Morgan fingerprint density at radius 3 is 2.59 bits per heavy atom. The van der Waals surface area contributed by atoms with Crippen LogP contribution in [0, 0.1) is 13.8 Å². The van der Waals surface area contributed by atoms with E-state index in [2.05, 4.69) is 10.3 Å². The molecular weight excluding hydrogens is 286 g/mol. The van der Waals surface area contributed by atoms with Crippen molar-refractivity contribution < 1.29 is 24.0 Å². The summed E-state index contributed by atoms with van der Waals surface area (Å²) in [6, 6.07) is -0.353. The quantitative estimate of drug-likeness (QED) is 0.491. The topological polar surface area (TPSA) is 92.7 Å². The van der Waals surface area contributed by atoms with Crippen molar-refractivity contribution in [3.8, 4) is 0 Å². The molecule has 1 amide bonds. The molecular formula is C15H22N3O4+. The number of ketones is 1. The van der Waals surface area contributed by atoms with Gasteiger partial charge in [0.15, 0.2) is 12.6 Å². The third-order valence-corrected chi connectivity index (χ3v) is 4.23. The minimum Gasteiger partial charge on any atom is -0.465 e. The van der Waals surface area contributed by atoms with Crippen molar-refractivity contribution >= 4 is 17.7 Å². The molecule has 2 atom stereocenters. The second kappa shape index (κ2) is 6.31. The first-order valence-corrected chi connectivity index (χ1v) is 7.29. The third-order valence-electron chi connectivity index (χ3n) is 4.23. The van der Waals surface area contributed by atoms with Gasteiger partial charge in [0, 0.05) is 5.69 Å². The molecule has 1 aromatic heterocycles. The Morgan fingerprint density at radius 2 is 2.00 bits per heavy atom. The van der Waals surface area contributed by atoms with Crippen molar-refractivity contribution in [3.63, 3.8) is 0 Å². The van der Waals surface area contributed by atoms with E-state index >= 15 is 0 Å². The Hall–Kier alpha value is -2.15. The Balaban J connectivity index is 2.26. The number of quaternary nitrogens is 1. The zero-order valence-corrected chi connectivity index (χ0v) is 13.3. The van der Waals surface area contributed by atoms with Crippen LogP contribution in [0.4, 0.5) is 0 Å². The fourth-order valence-electron chi connectivity index (χ4n) is 2.90. The van der Waals surface area contributed by atoms with Gasteiger partial charge >= 0.3 is 5.97 Å². The van der Waals surface area contributed by atoms with Gasteiger partial charge in [0.05, 0.1) is 31.5 Å². The monoisotopic (exact) mass is 308 g/mol. The van der Waals surface area contributed by atoms with Crippen LogP contribution in [0.2, 0.25) is 0 Å². The van der Waals surface area contributed by atoms with Gasteiger partial charge < -0.3 is 19.9 Å². The molecule has 0 bridgehead atoms. The normalized spacial score (nSPS) is 19.5. The number of aromatic nitrogens is 1. The molecule has 0 aromatic carbocycles. The van der Waals surface area contributed by atoms with Gasteiger partial charge in [-0.3, -0.25) is 9.59 Å². The number of carbonyl (C=O) groups is 3. The number of amides is 1. The number of aryl methyl sites for hydroxylation is 1. The number of esters is 1. The zero-order chi connectivity index (χ0) is 16.4. The molecule has 22 heavy (non-hydrogen) atoms. The van der Waals surface area contributed by atoms with Gasteiger partial charge in [-0.1, -0.05) is 0 Å². The number of rotatable bonds is 4. The van der Waals surface area contributed by atoms with Crippen molar-refractivity contribution in [1.29, 1.82) is 0 Å². The minimum absolute atomic E-state index is 0.0458. The number of methoxy groups -OCH3 is 1. The molecule has 1 unspecified atom stereocenters. The number of piperazine rings is 1. The molecule has 120 valence electrons. The molecule has 7 heteroatoms. The summed E-state index contributed by atoms with van der Waals surface area (Å²) in [6.07, 6.45) is 0. The number of hydrogen-bond acceptors (Lipinski definition) is 4. The number of H-pyrrole nitrogens is 1. The van der Waals surface area contributed by atoms with Crippen molar-refractivity contribution in [2.45, 2.75) is 26.8 Å². The maximum absolute atomic E-state index is 12.7. The molecule has 1 saturated heterocycles. The van der Waals surface area contributed by atoms with Crippen LogP contribution in [0.1, 0.15) is 39.0 Å². The van der Waals surface area contributed by atoms with E-state index in [9.17, 15) is 14.4 Å². The fourth-order valence-corrected chi connectivity index (χ4v) is 2.90. The summed E-state index contributed by atoms with van der Waals surface area (Å²) in [5.74, 6) is -0.598. The van der Waals surface area contributed by atoms with Crippen molar-refractivity contribution in [3.05, 3.63) is 22.5 Å². The van der Waals surface area contributed by atoms with Crippen LogP contribution in [0.3, 0.4) is 0 Å². The van der Waals surface area contributed by atoms with Crippen LogP contribution < -0.4 is 10.2 Å². The summed E-state index contributed by atoms with van der Waals surface area (Å²) < 4.78 is 4.75. The summed E-state index contributed by atoms with van der Waals surface area (Å²) >= 11 is 0. The van der Waals surface area contributed by atoms with Crippen LogP contribution in [0.5, 0.6) is 0 Å². The summed E-state index contributed by atoms with van der Waals surface area (Å²) in [4.78, 5) is 39.9. The molecule has 0 saturated carbocycles. The highest BCUT2D eigenvalue weighted by atomic mass is 16.5. The summed E-state index contributed by atoms with van der Waals surface area (Å²) in [7, 11) is 1.31. The number of ether oxygens (including phenoxy) is 1. The second-order valence-electron chi connectivity index (χ2n) is 5.64. The van der Waals surface area contributed by atoms with E-state index in [4.69, 9.17) is 4.74 Å². The lowest BCUT2D eigenvalue weighted by Crippen LogP contribution is -3.19. The molecule has 1 aliphatic heterocycles. The number of aromatic amines is 1. The average molecular weight is 308 g/mol. The molecule has 1 aromatic rings. The van der Waals surface area contributed by atoms with Gasteiger partial charge in [-0.15, -0.1) is 0 Å². The lowest BCUT2D eigenvalue weighted by molar-refractivity contribution is -0.907. The van der Waals surface area contributed by atoms with Gasteiger partial charge in [0.25, 0.3) is 5.91 Å². The largest absolute Gasteiger partial charge is 0.465 e. The maximum Gasteiger partial charge on any atom is 0.339 e. The predicted octanol–water partition coefficient (Wildman–Crippen LogP) is -0.996. The van der Waals surface area contributed by atoms with E-state index in [0.29, 0.717) is 35.6 Å². The molecule has 2 heterocycles.